The molecule has 1 heterocycles. The summed E-state index contributed by atoms with van der Waals surface area (Å²) in [5.74, 6) is 0. The fraction of sp³-hybridized carbons (Fsp3) is 0.375. The third-order valence-corrected chi connectivity index (χ3v) is 1.79. The molecule has 0 aliphatic rings. The second kappa shape index (κ2) is 2.88. The largest absolute Gasteiger partial charge is 0.329 e. The van der Waals surface area contributed by atoms with Crippen LogP contribution in [0.4, 0.5) is 0 Å². The SMILES string of the molecule is Cc1ccc(C)n1C(N)C=N. The first-order valence-electron chi connectivity index (χ1n) is 3.57. The summed E-state index contributed by atoms with van der Waals surface area (Å²) in [5, 5.41) is 7.01. The third-order valence-electron chi connectivity index (χ3n) is 1.79. The average Bonchev–Trinajstić information content (AvgIpc) is 2.30. The first-order valence-corrected chi connectivity index (χ1v) is 3.57. The fourth-order valence-electron chi connectivity index (χ4n) is 1.22. The summed E-state index contributed by atoms with van der Waals surface area (Å²) in [4.78, 5) is 0. The second-order valence-corrected chi connectivity index (χ2v) is 2.64. The van der Waals surface area contributed by atoms with Crippen LogP contribution >= 0.6 is 0 Å². The molecule has 0 radical (unpaired) electrons. The van der Waals surface area contributed by atoms with E-state index in [1.54, 1.807) is 0 Å². The molecule has 0 aliphatic heterocycles. The number of nitrogens with zero attached hydrogens (tertiary/aromatic N) is 1. The highest BCUT2D eigenvalue weighted by atomic mass is 15.1. The maximum atomic E-state index is 7.01. The predicted molar refractivity (Wildman–Crippen MR) is 45.9 cm³/mol. The number of aromatic nitrogens is 1. The summed E-state index contributed by atoms with van der Waals surface area (Å²) in [6.07, 6.45) is 0.921. The van der Waals surface area contributed by atoms with Gasteiger partial charge in [-0.05, 0) is 26.0 Å². The van der Waals surface area contributed by atoms with Crippen molar-refractivity contribution in [3.8, 4) is 0 Å². The monoisotopic (exact) mass is 151 g/mol. The van der Waals surface area contributed by atoms with E-state index in [2.05, 4.69) is 0 Å². The van der Waals surface area contributed by atoms with Crippen molar-refractivity contribution in [2.45, 2.75) is 20.0 Å². The number of rotatable bonds is 2. The normalized spacial score (nSPS) is 13.0. The van der Waals surface area contributed by atoms with Crippen LogP contribution in [0.25, 0.3) is 0 Å². The van der Waals surface area contributed by atoms with Gasteiger partial charge in [0.25, 0.3) is 0 Å². The van der Waals surface area contributed by atoms with E-state index in [4.69, 9.17) is 11.1 Å². The van der Waals surface area contributed by atoms with Crippen molar-refractivity contribution in [1.29, 1.82) is 5.41 Å². The third kappa shape index (κ3) is 1.33. The van der Waals surface area contributed by atoms with Gasteiger partial charge < -0.3 is 15.7 Å². The first-order chi connectivity index (χ1) is 5.16. The van der Waals surface area contributed by atoms with E-state index in [9.17, 15) is 0 Å². The van der Waals surface area contributed by atoms with E-state index < -0.39 is 0 Å². The fourth-order valence-corrected chi connectivity index (χ4v) is 1.22. The lowest BCUT2D eigenvalue weighted by Gasteiger charge is -2.12. The maximum Gasteiger partial charge on any atom is 0.117 e. The summed E-state index contributed by atoms with van der Waals surface area (Å²) in [7, 11) is 0. The first kappa shape index (κ1) is 8.01. The number of hydrogen-bond donors (Lipinski definition) is 2. The van der Waals surface area contributed by atoms with Crippen LogP contribution in [0.3, 0.4) is 0 Å². The van der Waals surface area contributed by atoms with Crippen LogP contribution in [0.2, 0.25) is 0 Å². The minimum atomic E-state index is -0.315. The summed E-state index contributed by atoms with van der Waals surface area (Å²) in [5.41, 5.74) is 7.85. The Morgan fingerprint density at radius 1 is 1.45 bits per heavy atom. The lowest BCUT2D eigenvalue weighted by molar-refractivity contribution is 0.642. The van der Waals surface area contributed by atoms with E-state index in [0.29, 0.717) is 0 Å². The Bertz CT molecular complexity index is 243. The van der Waals surface area contributed by atoms with Crippen molar-refractivity contribution in [3.63, 3.8) is 0 Å². The molecule has 3 N–H and O–H groups in total. The second-order valence-electron chi connectivity index (χ2n) is 2.64. The van der Waals surface area contributed by atoms with Gasteiger partial charge in [0, 0.05) is 17.6 Å². The number of aryl methyl sites for hydroxylation is 2. The lowest BCUT2D eigenvalue weighted by atomic mass is 10.4. The Morgan fingerprint density at radius 2 is 1.91 bits per heavy atom. The maximum absolute atomic E-state index is 7.01. The Morgan fingerprint density at radius 3 is 2.27 bits per heavy atom. The molecule has 3 nitrogen and oxygen atoms in total. The van der Waals surface area contributed by atoms with Gasteiger partial charge in [-0.3, -0.25) is 0 Å². The van der Waals surface area contributed by atoms with Crippen molar-refractivity contribution < 1.29 is 0 Å². The average molecular weight is 151 g/mol. The minimum absolute atomic E-state index is 0.315. The molecule has 3 heteroatoms. The Hall–Kier alpha value is -1.09. The summed E-state index contributed by atoms with van der Waals surface area (Å²) >= 11 is 0. The molecule has 0 saturated carbocycles. The highest BCUT2D eigenvalue weighted by Gasteiger charge is 2.05. The Labute approximate surface area is 66.3 Å². The number of nitrogens with two attached hydrogens (primary N) is 1. The van der Waals surface area contributed by atoms with Crippen LogP contribution in [0.5, 0.6) is 0 Å². The van der Waals surface area contributed by atoms with Gasteiger partial charge in [0.15, 0.2) is 0 Å². The Balaban J connectivity index is 3.09. The van der Waals surface area contributed by atoms with Crippen LogP contribution in [-0.4, -0.2) is 10.8 Å². The van der Waals surface area contributed by atoms with Gasteiger partial charge in [-0.15, -0.1) is 0 Å². The van der Waals surface area contributed by atoms with Gasteiger partial charge in [-0.25, -0.2) is 0 Å². The molecule has 0 aliphatic carbocycles. The van der Waals surface area contributed by atoms with Crippen molar-refractivity contribution in [3.05, 3.63) is 23.5 Å². The topological polar surface area (TPSA) is 54.8 Å². The van der Waals surface area contributed by atoms with Crippen LogP contribution in [0, 0.1) is 19.3 Å². The van der Waals surface area contributed by atoms with Gasteiger partial charge in [0.1, 0.15) is 6.17 Å². The van der Waals surface area contributed by atoms with Gasteiger partial charge in [-0.1, -0.05) is 0 Å². The molecule has 0 amide bonds. The molecule has 11 heavy (non-hydrogen) atoms. The van der Waals surface area contributed by atoms with E-state index in [0.717, 1.165) is 11.4 Å². The predicted octanol–water partition coefficient (Wildman–Crippen LogP) is 1.21. The molecule has 1 aromatic heterocycles. The van der Waals surface area contributed by atoms with E-state index in [1.165, 1.54) is 6.21 Å². The molecule has 1 aromatic rings. The molecular weight excluding hydrogens is 138 g/mol. The molecule has 0 fully saturated rings. The quantitative estimate of drug-likeness (QED) is 0.613. The van der Waals surface area contributed by atoms with Crippen molar-refractivity contribution in [2.75, 3.05) is 0 Å². The lowest BCUT2D eigenvalue weighted by Crippen LogP contribution is -2.21. The summed E-state index contributed by atoms with van der Waals surface area (Å²) < 4.78 is 1.92. The molecule has 1 unspecified atom stereocenters. The van der Waals surface area contributed by atoms with E-state index in [1.807, 2.05) is 30.5 Å². The Kier molecular flexibility index (Phi) is 2.10. The minimum Gasteiger partial charge on any atom is -0.329 e. The van der Waals surface area contributed by atoms with Crippen LogP contribution in [-0.2, 0) is 0 Å². The zero-order valence-corrected chi connectivity index (χ0v) is 6.83. The van der Waals surface area contributed by atoms with E-state index in [-0.39, 0.29) is 6.17 Å². The van der Waals surface area contributed by atoms with Crippen LogP contribution in [0.15, 0.2) is 12.1 Å². The highest BCUT2D eigenvalue weighted by Crippen LogP contribution is 2.09. The van der Waals surface area contributed by atoms with Crippen molar-refractivity contribution in [1.82, 2.24) is 4.57 Å². The summed E-state index contributed by atoms with van der Waals surface area (Å²) in [6.45, 7) is 3.96. The molecule has 1 rings (SSSR count). The van der Waals surface area contributed by atoms with Gasteiger partial charge in [0.2, 0.25) is 0 Å². The van der Waals surface area contributed by atoms with Gasteiger partial charge in [-0.2, -0.15) is 0 Å². The molecule has 0 bridgehead atoms. The molecular formula is C8H13N3. The zero-order chi connectivity index (χ0) is 8.43. The molecule has 0 spiro atoms. The molecule has 1 atom stereocenters. The van der Waals surface area contributed by atoms with E-state index >= 15 is 0 Å². The molecule has 0 saturated heterocycles. The number of hydrogen-bond acceptors (Lipinski definition) is 2. The van der Waals surface area contributed by atoms with Gasteiger partial charge in [0.05, 0.1) is 0 Å². The van der Waals surface area contributed by atoms with Crippen LogP contribution in [0.1, 0.15) is 17.6 Å². The highest BCUT2D eigenvalue weighted by molar-refractivity contribution is 5.58. The number of nitrogens with one attached hydrogen (secondary N) is 1. The smallest absolute Gasteiger partial charge is 0.117 e. The van der Waals surface area contributed by atoms with Crippen LogP contribution < -0.4 is 5.73 Å². The molecule has 60 valence electrons. The zero-order valence-electron chi connectivity index (χ0n) is 6.83. The standard InChI is InChI=1S/C8H13N3/c1-6-3-4-7(2)11(6)8(10)5-9/h3-5,8-9H,10H2,1-2H3. The van der Waals surface area contributed by atoms with Gasteiger partial charge >= 0.3 is 0 Å². The summed E-state index contributed by atoms with van der Waals surface area (Å²) in [6, 6.07) is 4.00. The molecule has 0 aromatic carbocycles. The van der Waals surface area contributed by atoms with Crippen molar-refractivity contribution >= 4 is 6.21 Å². The van der Waals surface area contributed by atoms with Crippen molar-refractivity contribution in [2.24, 2.45) is 5.73 Å².